The van der Waals surface area contributed by atoms with Crippen LogP contribution in [0.3, 0.4) is 0 Å². The van der Waals surface area contributed by atoms with Crippen LogP contribution in [0.15, 0.2) is 48.5 Å². The summed E-state index contributed by atoms with van der Waals surface area (Å²) in [5.41, 5.74) is 2.69. The Kier molecular flexibility index (Phi) is 7.49. The van der Waals surface area contributed by atoms with Gasteiger partial charge in [0, 0.05) is 6.08 Å². The number of carbonyl (C=O) groups excluding carboxylic acids is 1. The van der Waals surface area contributed by atoms with Gasteiger partial charge in [-0.3, -0.25) is 9.59 Å². The molecule has 2 aromatic rings. The van der Waals surface area contributed by atoms with Gasteiger partial charge in [0.1, 0.15) is 12.7 Å². The summed E-state index contributed by atoms with van der Waals surface area (Å²) >= 11 is 0. The first-order valence-corrected chi connectivity index (χ1v) is 10.3. The zero-order valence-electron chi connectivity index (χ0n) is 17.1. The third-order valence-electron chi connectivity index (χ3n) is 4.82. The van der Waals surface area contributed by atoms with E-state index in [-0.39, 0.29) is 18.9 Å². The van der Waals surface area contributed by atoms with E-state index >= 15 is 0 Å². The first-order valence-electron chi connectivity index (χ1n) is 10.3. The predicted molar refractivity (Wildman–Crippen MR) is 116 cm³/mol. The molecule has 2 N–H and O–H groups in total. The van der Waals surface area contributed by atoms with Gasteiger partial charge >= 0.3 is 5.97 Å². The van der Waals surface area contributed by atoms with Gasteiger partial charge in [-0.1, -0.05) is 50.1 Å². The van der Waals surface area contributed by atoms with Gasteiger partial charge in [-0.25, -0.2) is 0 Å². The van der Waals surface area contributed by atoms with E-state index in [9.17, 15) is 9.59 Å². The summed E-state index contributed by atoms with van der Waals surface area (Å²) in [6.45, 7) is 2.35. The summed E-state index contributed by atoms with van der Waals surface area (Å²) in [6.07, 6.45) is 7.15. The van der Waals surface area contributed by atoms with Crippen molar-refractivity contribution in [3.8, 4) is 11.5 Å². The molecule has 1 aliphatic rings. The van der Waals surface area contributed by atoms with Crippen LogP contribution in [-0.4, -0.2) is 29.7 Å². The maximum atomic E-state index is 12.4. The largest absolute Gasteiger partial charge is 0.486 e. The Hall–Kier alpha value is -3.28. The summed E-state index contributed by atoms with van der Waals surface area (Å²) in [6, 6.07) is 13.4. The average molecular weight is 409 g/mol. The maximum Gasteiger partial charge on any atom is 0.307 e. The summed E-state index contributed by atoms with van der Waals surface area (Å²) < 4.78 is 11.3. The number of hydrogen-bond donors (Lipinski definition) is 2. The monoisotopic (exact) mass is 409 g/mol. The fraction of sp³-hybridized carbons (Fsp3) is 0.333. The molecule has 1 atom stereocenters. The number of carbonyl (C=O) groups is 2. The highest BCUT2D eigenvalue weighted by Crippen LogP contribution is 2.39. The number of carboxylic acid groups (broad SMARTS) is 1. The number of unbranched alkanes of at least 4 members (excludes halogenated alkanes) is 2. The van der Waals surface area contributed by atoms with Gasteiger partial charge < -0.3 is 19.9 Å². The van der Waals surface area contributed by atoms with E-state index in [1.807, 2.05) is 12.1 Å². The van der Waals surface area contributed by atoms with Gasteiger partial charge in [0.25, 0.3) is 0 Å². The minimum atomic E-state index is -0.965. The minimum absolute atomic E-state index is 0.158. The summed E-state index contributed by atoms with van der Waals surface area (Å²) in [4.78, 5) is 23.3. The number of rotatable bonds is 9. The number of ether oxygens (including phenoxy) is 2. The molecule has 6 heteroatoms. The van der Waals surface area contributed by atoms with Crippen LogP contribution >= 0.6 is 0 Å². The molecule has 6 nitrogen and oxygen atoms in total. The number of aliphatic carboxylic acids is 1. The summed E-state index contributed by atoms with van der Waals surface area (Å²) in [5.74, 6) is -0.433. The standard InChI is InChI=1S/C24H27NO5/c1-2-3-4-6-17-9-11-18(12-10-17)13-14-22(26)25-20-7-5-8-21-24(20)30-19(16-29-21)15-23(27)28/h5,7-14,19H,2-4,6,15-16H2,1H3,(H,25,26)(H,27,28)/b14-13+. The molecule has 0 aromatic heterocycles. The summed E-state index contributed by atoms with van der Waals surface area (Å²) in [5, 5.41) is 11.7. The molecule has 0 aliphatic carbocycles. The van der Waals surface area contributed by atoms with E-state index in [2.05, 4.69) is 24.4 Å². The molecule has 1 amide bonds. The van der Waals surface area contributed by atoms with Crippen LogP contribution in [0.5, 0.6) is 11.5 Å². The van der Waals surface area contributed by atoms with Crippen molar-refractivity contribution in [1.29, 1.82) is 0 Å². The topological polar surface area (TPSA) is 84.9 Å². The number of para-hydroxylation sites is 1. The van der Waals surface area contributed by atoms with Crippen molar-refractivity contribution in [2.75, 3.05) is 11.9 Å². The van der Waals surface area contributed by atoms with Crippen LogP contribution in [0.25, 0.3) is 6.08 Å². The van der Waals surface area contributed by atoms with Crippen LogP contribution in [0.1, 0.15) is 43.7 Å². The molecule has 0 bridgehead atoms. The molecule has 0 fully saturated rings. The number of amides is 1. The zero-order valence-corrected chi connectivity index (χ0v) is 17.1. The molecule has 2 aromatic carbocycles. The molecule has 0 spiro atoms. The highest BCUT2D eigenvalue weighted by atomic mass is 16.6. The number of anilines is 1. The maximum absolute atomic E-state index is 12.4. The zero-order chi connectivity index (χ0) is 21.3. The van der Waals surface area contributed by atoms with Gasteiger partial charge in [-0.05, 0) is 42.2 Å². The van der Waals surface area contributed by atoms with E-state index in [1.165, 1.54) is 30.9 Å². The predicted octanol–water partition coefficient (Wildman–Crippen LogP) is 4.69. The lowest BCUT2D eigenvalue weighted by Crippen LogP contribution is -2.31. The minimum Gasteiger partial charge on any atom is -0.486 e. The van der Waals surface area contributed by atoms with Gasteiger partial charge in [-0.2, -0.15) is 0 Å². The first kappa shape index (κ1) is 21.4. The molecule has 0 saturated heterocycles. The molecule has 158 valence electrons. The van der Waals surface area contributed by atoms with E-state index in [4.69, 9.17) is 14.6 Å². The summed E-state index contributed by atoms with van der Waals surface area (Å²) in [7, 11) is 0. The number of aryl methyl sites for hydroxylation is 1. The molecule has 0 saturated carbocycles. The number of nitrogens with one attached hydrogen (secondary N) is 1. The Morgan fingerprint density at radius 2 is 1.97 bits per heavy atom. The van der Waals surface area contributed by atoms with Crippen molar-refractivity contribution in [3.63, 3.8) is 0 Å². The van der Waals surface area contributed by atoms with Crippen LogP contribution in [0.2, 0.25) is 0 Å². The van der Waals surface area contributed by atoms with E-state index < -0.39 is 12.1 Å². The second-order valence-corrected chi connectivity index (χ2v) is 7.30. The van der Waals surface area contributed by atoms with Crippen molar-refractivity contribution in [2.45, 2.75) is 45.1 Å². The van der Waals surface area contributed by atoms with E-state index in [1.54, 1.807) is 24.3 Å². The van der Waals surface area contributed by atoms with Crippen LogP contribution < -0.4 is 14.8 Å². The highest BCUT2D eigenvalue weighted by Gasteiger charge is 2.25. The third-order valence-corrected chi connectivity index (χ3v) is 4.82. The highest BCUT2D eigenvalue weighted by molar-refractivity contribution is 6.03. The second kappa shape index (κ2) is 10.5. The van der Waals surface area contributed by atoms with Crippen molar-refractivity contribution in [2.24, 2.45) is 0 Å². The van der Waals surface area contributed by atoms with Crippen molar-refractivity contribution in [3.05, 3.63) is 59.7 Å². The Morgan fingerprint density at radius 1 is 1.17 bits per heavy atom. The van der Waals surface area contributed by atoms with Gasteiger partial charge in [-0.15, -0.1) is 0 Å². The number of fused-ring (bicyclic) bond motifs is 1. The van der Waals surface area contributed by atoms with Gasteiger partial charge in [0.05, 0.1) is 12.1 Å². The Balaban J connectivity index is 1.61. The van der Waals surface area contributed by atoms with Crippen molar-refractivity contribution >= 4 is 23.6 Å². The molecule has 30 heavy (non-hydrogen) atoms. The van der Waals surface area contributed by atoms with Crippen molar-refractivity contribution in [1.82, 2.24) is 0 Å². The third kappa shape index (κ3) is 6.11. The lowest BCUT2D eigenvalue weighted by Gasteiger charge is -2.27. The molecule has 1 unspecified atom stereocenters. The number of benzene rings is 2. The van der Waals surface area contributed by atoms with Crippen LogP contribution in [-0.2, 0) is 16.0 Å². The fourth-order valence-electron chi connectivity index (χ4n) is 3.25. The quantitative estimate of drug-likeness (QED) is 0.464. The van der Waals surface area contributed by atoms with Crippen LogP contribution in [0.4, 0.5) is 5.69 Å². The molecular formula is C24H27NO5. The smallest absolute Gasteiger partial charge is 0.307 e. The van der Waals surface area contributed by atoms with Gasteiger partial charge in [0.15, 0.2) is 11.5 Å². The Labute approximate surface area is 176 Å². The second-order valence-electron chi connectivity index (χ2n) is 7.30. The fourth-order valence-corrected chi connectivity index (χ4v) is 3.25. The SMILES string of the molecule is CCCCCc1ccc(/C=C/C(=O)Nc2cccc3c2OC(CC(=O)O)CO3)cc1. The van der Waals surface area contributed by atoms with Gasteiger partial charge in [0.2, 0.25) is 5.91 Å². The lowest BCUT2D eigenvalue weighted by molar-refractivity contribution is -0.139. The molecular weight excluding hydrogens is 382 g/mol. The first-order chi connectivity index (χ1) is 14.5. The Bertz CT molecular complexity index is 904. The molecule has 0 radical (unpaired) electrons. The molecule has 1 heterocycles. The molecule has 3 rings (SSSR count). The number of hydrogen-bond acceptors (Lipinski definition) is 4. The van der Waals surface area contributed by atoms with E-state index in [0.717, 1.165) is 12.0 Å². The Morgan fingerprint density at radius 3 is 2.70 bits per heavy atom. The normalized spacial score (nSPS) is 15.2. The molecule has 1 aliphatic heterocycles. The average Bonchev–Trinajstić information content (AvgIpc) is 2.73. The number of carboxylic acids is 1. The van der Waals surface area contributed by atoms with Crippen LogP contribution in [0, 0.1) is 0 Å². The van der Waals surface area contributed by atoms with E-state index in [0.29, 0.717) is 17.2 Å². The lowest BCUT2D eigenvalue weighted by atomic mass is 10.1. The van der Waals surface area contributed by atoms with Crippen molar-refractivity contribution < 1.29 is 24.2 Å².